The van der Waals surface area contributed by atoms with E-state index in [0.717, 1.165) is 36.5 Å². The Kier molecular flexibility index (Phi) is 5.50. The molecule has 4 heteroatoms. The number of unbranched alkanes of at least 4 members (excludes halogenated alkanes) is 2. The highest BCUT2D eigenvalue weighted by Gasteiger charge is 2.06. The third-order valence-corrected chi connectivity index (χ3v) is 3.14. The van der Waals surface area contributed by atoms with Crippen molar-refractivity contribution in [2.75, 3.05) is 6.54 Å². The third-order valence-electron chi connectivity index (χ3n) is 2.17. The van der Waals surface area contributed by atoms with Crippen molar-refractivity contribution in [3.63, 3.8) is 0 Å². The van der Waals surface area contributed by atoms with Crippen LogP contribution in [-0.4, -0.2) is 17.3 Å². The molecular formula is C11H18N2OS. The Labute approximate surface area is 94.7 Å². The molecule has 2 N–H and O–H groups in total. The number of carbonyl (C=O) groups is 1. The first kappa shape index (κ1) is 12.3. The minimum atomic E-state index is 0.293. The average molecular weight is 226 g/mol. The largest absolute Gasteiger partial charge is 0.330 e. The summed E-state index contributed by atoms with van der Waals surface area (Å²) in [6, 6.07) is 0. The molecule has 1 aromatic heterocycles. The van der Waals surface area contributed by atoms with Crippen molar-refractivity contribution in [2.45, 2.75) is 39.0 Å². The second kappa shape index (κ2) is 6.69. The van der Waals surface area contributed by atoms with Gasteiger partial charge in [0, 0.05) is 17.5 Å². The number of hydrogen-bond acceptors (Lipinski definition) is 4. The lowest BCUT2D eigenvalue weighted by Crippen LogP contribution is -2.03. The highest BCUT2D eigenvalue weighted by atomic mass is 32.1. The van der Waals surface area contributed by atoms with E-state index in [2.05, 4.69) is 4.98 Å². The van der Waals surface area contributed by atoms with Crippen LogP contribution >= 0.6 is 11.3 Å². The highest BCUT2D eigenvalue weighted by molar-refractivity contribution is 7.09. The van der Waals surface area contributed by atoms with Gasteiger partial charge in [0.15, 0.2) is 0 Å². The van der Waals surface area contributed by atoms with Crippen LogP contribution in [0, 0.1) is 6.92 Å². The topological polar surface area (TPSA) is 56.0 Å². The number of nitrogens with zero attached hydrogens (tertiary/aromatic N) is 1. The van der Waals surface area contributed by atoms with Crippen molar-refractivity contribution in [3.8, 4) is 0 Å². The lowest BCUT2D eigenvalue weighted by Gasteiger charge is -1.98. The van der Waals surface area contributed by atoms with Gasteiger partial charge >= 0.3 is 0 Å². The van der Waals surface area contributed by atoms with Crippen molar-refractivity contribution in [1.29, 1.82) is 0 Å². The number of nitrogens with two attached hydrogens (primary N) is 1. The van der Waals surface area contributed by atoms with E-state index < -0.39 is 0 Å². The van der Waals surface area contributed by atoms with Gasteiger partial charge in [0.25, 0.3) is 0 Å². The van der Waals surface area contributed by atoms with Gasteiger partial charge in [0.2, 0.25) is 0 Å². The van der Waals surface area contributed by atoms with E-state index >= 15 is 0 Å². The number of aromatic nitrogens is 1. The lowest BCUT2D eigenvalue weighted by atomic mass is 10.1. The van der Waals surface area contributed by atoms with E-state index in [4.69, 9.17) is 5.73 Å². The molecule has 0 unspecified atom stereocenters. The van der Waals surface area contributed by atoms with Gasteiger partial charge in [-0.15, -0.1) is 11.3 Å². The molecule has 1 heterocycles. The van der Waals surface area contributed by atoms with Crippen molar-refractivity contribution in [2.24, 2.45) is 5.73 Å². The maximum absolute atomic E-state index is 11.5. The first-order chi connectivity index (χ1) is 7.22. The number of carbonyl (C=O) groups excluding carboxylic acids is 1. The SMILES string of the molecule is Cc1csc(CC(=O)CCCCCN)n1. The van der Waals surface area contributed by atoms with Crippen LogP contribution in [0.25, 0.3) is 0 Å². The Hall–Kier alpha value is -0.740. The van der Waals surface area contributed by atoms with Crippen LogP contribution in [0.4, 0.5) is 0 Å². The Balaban J connectivity index is 2.18. The van der Waals surface area contributed by atoms with Gasteiger partial charge in [0.1, 0.15) is 10.8 Å². The zero-order valence-corrected chi connectivity index (χ0v) is 9.98. The summed E-state index contributed by atoms with van der Waals surface area (Å²) < 4.78 is 0. The van der Waals surface area contributed by atoms with Gasteiger partial charge in [0.05, 0.1) is 6.42 Å². The van der Waals surface area contributed by atoms with Gasteiger partial charge in [-0.3, -0.25) is 4.79 Å². The summed E-state index contributed by atoms with van der Waals surface area (Å²) in [4.78, 5) is 15.8. The number of rotatable bonds is 7. The summed E-state index contributed by atoms with van der Waals surface area (Å²) >= 11 is 1.57. The second-order valence-corrected chi connectivity index (χ2v) is 4.64. The smallest absolute Gasteiger partial charge is 0.139 e. The summed E-state index contributed by atoms with van der Waals surface area (Å²) in [6.45, 7) is 2.67. The van der Waals surface area contributed by atoms with Crippen LogP contribution in [0.3, 0.4) is 0 Å². The van der Waals surface area contributed by atoms with Crippen LogP contribution in [0.5, 0.6) is 0 Å². The van der Waals surface area contributed by atoms with Crippen LogP contribution in [0.2, 0.25) is 0 Å². The first-order valence-corrected chi connectivity index (χ1v) is 6.23. The number of Topliss-reactive ketones (excluding diaryl/α,β-unsaturated/α-hetero) is 1. The number of ketones is 1. The second-order valence-electron chi connectivity index (χ2n) is 3.70. The molecule has 1 rings (SSSR count). The van der Waals surface area contributed by atoms with Gasteiger partial charge in [-0.2, -0.15) is 0 Å². The van der Waals surface area contributed by atoms with E-state index in [0.29, 0.717) is 18.6 Å². The summed E-state index contributed by atoms with van der Waals surface area (Å²) in [5, 5.41) is 2.92. The molecule has 15 heavy (non-hydrogen) atoms. The van der Waals surface area contributed by atoms with Crippen LogP contribution < -0.4 is 5.73 Å². The Morgan fingerprint density at radius 1 is 1.47 bits per heavy atom. The molecule has 0 saturated heterocycles. The molecule has 0 amide bonds. The molecule has 0 aliphatic carbocycles. The zero-order chi connectivity index (χ0) is 11.1. The van der Waals surface area contributed by atoms with Crippen molar-refractivity contribution in [3.05, 3.63) is 16.1 Å². The van der Waals surface area contributed by atoms with Crippen molar-refractivity contribution < 1.29 is 4.79 Å². The molecule has 0 aliphatic rings. The van der Waals surface area contributed by atoms with Gasteiger partial charge < -0.3 is 5.73 Å². The maximum atomic E-state index is 11.5. The summed E-state index contributed by atoms with van der Waals surface area (Å²) in [6.07, 6.45) is 4.20. The molecule has 0 fully saturated rings. The fourth-order valence-electron chi connectivity index (χ4n) is 1.38. The molecule has 0 radical (unpaired) electrons. The maximum Gasteiger partial charge on any atom is 0.139 e. The molecule has 84 valence electrons. The van der Waals surface area contributed by atoms with E-state index in [1.165, 1.54) is 0 Å². The summed E-state index contributed by atoms with van der Waals surface area (Å²) in [7, 11) is 0. The number of hydrogen-bond donors (Lipinski definition) is 1. The standard InChI is InChI=1S/C11H18N2OS/c1-9-8-15-11(13-9)7-10(14)5-3-2-4-6-12/h8H,2-7,12H2,1H3. The quantitative estimate of drug-likeness (QED) is 0.724. The van der Waals surface area contributed by atoms with Crippen LogP contribution in [0.1, 0.15) is 36.4 Å². The van der Waals surface area contributed by atoms with E-state index in [1.807, 2.05) is 12.3 Å². The normalized spacial score (nSPS) is 10.5. The molecule has 0 bridgehead atoms. The van der Waals surface area contributed by atoms with Crippen molar-refractivity contribution in [1.82, 2.24) is 4.98 Å². The Bertz CT molecular complexity index is 309. The van der Waals surface area contributed by atoms with E-state index in [9.17, 15) is 4.79 Å². The minimum absolute atomic E-state index is 0.293. The third kappa shape index (κ3) is 5.04. The molecule has 0 spiro atoms. The monoisotopic (exact) mass is 226 g/mol. The zero-order valence-electron chi connectivity index (χ0n) is 9.16. The van der Waals surface area contributed by atoms with Gasteiger partial charge in [-0.05, 0) is 26.3 Å². The van der Waals surface area contributed by atoms with E-state index in [-0.39, 0.29) is 0 Å². The Morgan fingerprint density at radius 3 is 2.87 bits per heavy atom. The fourth-order valence-corrected chi connectivity index (χ4v) is 2.18. The minimum Gasteiger partial charge on any atom is -0.330 e. The van der Waals surface area contributed by atoms with E-state index in [1.54, 1.807) is 11.3 Å². The molecular weight excluding hydrogens is 208 g/mol. The molecule has 0 saturated carbocycles. The van der Waals surface area contributed by atoms with Crippen LogP contribution in [0.15, 0.2) is 5.38 Å². The van der Waals surface area contributed by atoms with Crippen molar-refractivity contribution >= 4 is 17.1 Å². The predicted octanol–water partition coefficient (Wildman–Crippen LogP) is 2.08. The summed E-state index contributed by atoms with van der Waals surface area (Å²) in [5.41, 5.74) is 6.38. The molecule has 1 aromatic rings. The fraction of sp³-hybridized carbons (Fsp3) is 0.636. The number of thiazole rings is 1. The lowest BCUT2D eigenvalue weighted by molar-refractivity contribution is -0.118. The molecule has 0 atom stereocenters. The highest BCUT2D eigenvalue weighted by Crippen LogP contribution is 2.11. The van der Waals surface area contributed by atoms with Gasteiger partial charge in [-0.25, -0.2) is 4.98 Å². The molecule has 0 aliphatic heterocycles. The first-order valence-electron chi connectivity index (χ1n) is 5.35. The Morgan fingerprint density at radius 2 is 2.27 bits per heavy atom. The summed E-state index contributed by atoms with van der Waals surface area (Å²) in [5.74, 6) is 0.293. The average Bonchev–Trinajstić information content (AvgIpc) is 2.59. The molecule has 0 aromatic carbocycles. The predicted molar refractivity (Wildman–Crippen MR) is 63.1 cm³/mol. The van der Waals surface area contributed by atoms with Gasteiger partial charge in [-0.1, -0.05) is 6.42 Å². The molecule has 3 nitrogen and oxygen atoms in total. The van der Waals surface area contributed by atoms with Crippen LogP contribution in [-0.2, 0) is 11.2 Å². The number of aryl methyl sites for hydroxylation is 1.